The van der Waals surface area contributed by atoms with Gasteiger partial charge in [0, 0.05) is 28.1 Å². The van der Waals surface area contributed by atoms with E-state index < -0.39 is 0 Å². The molecule has 1 heterocycles. The number of ether oxygens (including phenoxy) is 2. The van der Waals surface area contributed by atoms with E-state index in [1.165, 1.54) is 0 Å². The minimum absolute atomic E-state index is 0.290. The average molecular weight is 448 g/mol. The molecule has 0 unspecified atom stereocenters. The molecular weight excluding hydrogens is 421 g/mol. The monoisotopic (exact) mass is 447 g/mol. The number of hydrogen-bond acceptors (Lipinski definition) is 5. The van der Waals surface area contributed by atoms with Crippen molar-refractivity contribution in [1.29, 1.82) is 0 Å². The van der Waals surface area contributed by atoms with E-state index in [9.17, 15) is 0 Å². The Kier molecular flexibility index (Phi) is 7.42. The molecule has 160 valence electrons. The summed E-state index contributed by atoms with van der Waals surface area (Å²) in [5, 5.41) is 3.06. The predicted octanol–water partition coefficient (Wildman–Crippen LogP) is 5.18. The lowest BCUT2D eigenvalue weighted by atomic mass is 9.93. The zero-order valence-corrected chi connectivity index (χ0v) is 19.3. The Morgan fingerprint density at radius 3 is 2.30 bits per heavy atom. The van der Waals surface area contributed by atoms with E-state index in [-0.39, 0.29) is 6.54 Å². The van der Waals surface area contributed by atoms with E-state index in [4.69, 9.17) is 43.4 Å². The third-order valence-corrected chi connectivity index (χ3v) is 5.70. The number of rotatable bonds is 8. The van der Waals surface area contributed by atoms with Crippen LogP contribution >= 0.6 is 23.2 Å². The van der Waals surface area contributed by atoms with E-state index in [1.807, 2.05) is 30.3 Å². The third-order valence-electron chi connectivity index (χ3n) is 5.14. The molecule has 3 rings (SSSR count). The molecule has 0 saturated heterocycles. The van der Waals surface area contributed by atoms with Crippen LogP contribution in [0.3, 0.4) is 0 Å². The molecule has 1 aromatic heterocycles. The molecule has 2 aromatic carbocycles. The minimum atomic E-state index is 0.290. The van der Waals surface area contributed by atoms with Gasteiger partial charge in [-0.15, -0.1) is 0 Å². The van der Waals surface area contributed by atoms with Gasteiger partial charge in [0.1, 0.15) is 5.15 Å². The lowest BCUT2D eigenvalue weighted by Gasteiger charge is -2.20. The zero-order valence-electron chi connectivity index (χ0n) is 17.8. The standard InChI is InChI=1S/C23H27Cl2N3O2/c1-28(2)11-5-6-16-20-17(12-19(29-3)22(30-4)18(20)13-26)21(27-23(16)25)14-7-9-15(24)10-8-14/h7-10,12H,5-6,11,13,26H2,1-4H3. The highest BCUT2D eigenvalue weighted by Gasteiger charge is 2.22. The highest BCUT2D eigenvalue weighted by molar-refractivity contribution is 6.32. The Balaban J connectivity index is 2.35. The molecule has 3 aromatic rings. The summed E-state index contributed by atoms with van der Waals surface area (Å²) in [6, 6.07) is 9.51. The van der Waals surface area contributed by atoms with Gasteiger partial charge < -0.3 is 20.1 Å². The number of aryl methyl sites for hydroxylation is 1. The molecule has 0 aliphatic rings. The number of methoxy groups -OCH3 is 2. The number of fused-ring (bicyclic) bond motifs is 1. The second kappa shape index (κ2) is 9.84. The van der Waals surface area contributed by atoms with Crippen molar-refractivity contribution in [2.45, 2.75) is 19.4 Å². The van der Waals surface area contributed by atoms with Gasteiger partial charge in [-0.2, -0.15) is 0 Å². The van der Waals surface area contributed by atoms with Crippen LogP contribution in [-0.4, -0.2) is 44.7 Å². The molecule has 0 fully saturated rings. The summed E-state index contributed by atoms with van der Waals surface area (Å²) in [5.41, 5.74) is 9.72. The summed E-state index contributed by atoms with van der Waals surface area (Å²) in [7, 11) is 7.35. The molecule has 30 heavy (non-hydrogen) atoms. The Morgan fingerprint density at radius 2 is 1.73 bits per heavy atom. The van der Waals surface area contributed by atoms with Crippen molar-refractivity contribution in [3.63, 3.8) is 0 Å². The molecule has 0 atom stereocenters. The number of nitrogens with zero attached hydrogens (tertiary/aromatic N) is 2. The average Bonchev–Trinajstić information content (AvgIpc) is 2.73. The molecular formula is C23H27Cl2N3O2. The number of halogens is 2. The summed E-state index contributed by atoms with van der Waals surface area (Å²) in [4.78, 5) is 6.93. The molecule has 0 saturated carbocycles. The molecule has 0 amide bonds. The van der Waals surface area contributed by atoms with Gasteiger partial charge in [-0.05, 0) is 62.6 Å². The van der Waals surface area contributed by atoms with Crippen molar-refractivity contribution in [3.05, 3.63) is 51.6 Å². The van der Waals surface area contributed by atoms with Crippen LogP contribution in [0.2, 0.25) is 10.2 Å². The van der Waals surface area contributed by atoms with E-state index in [1.54, 1.807) is 14.2 Å². The smallest absolute Gasteiger partial charge is 0.165 e. The number of hydrogen-bond donors (Lipinski definition) is 1. The maximum Gasteiger partial charge on any atom is 0.165 e. The second-order valence-electron chi connectivity index (χ2n) is 7.36. The van der Waals surface area contributed by atoms with Crippen LogP contribution in [0.15, 0.2) is 30.3 Å². The number of nitrogens with two attached hydrogens (primary N) is 1. The first kappa shape index (κ1) is 22.6. The maximum atomic E-state index is 6.74. The Bertz CT molecular complexity index is 1040. The number of benzene rings is 2. The van der Waals surface area contributed by atoms with Gasteiger partial charge in [0.25, 0.3) is 0 Å². The third kappa shape index (κ3) is 4.49. The summed E-state index contributed by atoms with van der Waals surface area (Å²) in [6.07, 6.45) is 1.73. The Morgan fingerprint density at radius 1 is 1.03 bits per heavy atom. The van der Waals surface area contributed by atoms with Crippen molar-refractivity contribution < 1.29 is 9.47 Å². The fraction of sp³-hybridized carbons (Fsp3) is 0.348. The minimum Gasteiger partial charge on any atom is -0.493 e. The van der Waals surface area contributed by atoms with E-state index in [2.05, 4.69) is 19.0 Å². The molecule has 0 aliphatic carbocycles. The topological polar surface area (TPSA) is 60.6 Å². The van der Waals surface area contributed by atoms with Crippen LogP contribution in [0.5, 0.6) is 11.5 Å². The van der Waals surface area contributed by atoms with Crippen molar-refractivity contribution in [3.8, 4) is 22.8 Å². The van der Waals surface area contributed by atoms with Gasteiger partial charge in [0.15, 0.2) is 11.5 Å². The Hall–Kier alpha value is -2.05. The van der Waals surface area contributed by atoms with Crippen LogP contribution < -0.4 is 15.2 Å². The van der Waals surface area contributed by atoms with Crippen molar-refractivity contribution in [2.24, 2.45) is 5.73 Å². The lowest BCUT2D eigenvalue weighted by Crippen LogP contribution is -2.14. The van der Waals surface area contributed by atoms with E-state index >= 15 is 0 Å². The van der Waals surface area contributed by atoms with Crippen LogP contribution in [0, 0.1) is 0 Å². The second-order valence-corrected chi connectivity index (χ2v) is 8.16. The molecule has 0 radical (unpaired) electrons. The first-order chi connectivity index (χ1) is 14.4. The van der Waals surface area contributed by atoms with E-state index in [0.29, 0.717) is 21.7 Å². The van der Waals surface area contributed by atoms with Crippen molar-refractivity contribution >= 4 is 34.0 Å². The molecule has 0 bridgehead atoms. The molecule has 0 aliphatic heterocycles. The largest absolute Gasteiger partial charge is 0.493 e. The fourth-order valence-corrected chi connectivity index (χ4v) is 4.15. The first-order valence-electron chi connectivity index (χ1n) is 9.77. The highest BCUT2D eigenvalue weighted by Crippen LogP contribution is 2.43. The molecule has 7 heteroatoms. The zero-order chi connectivity index (χ0) is 21.8. The van der Waals surface area contributed by atoms with Crippen LogP contribution in [-0.2, 0) is 13.0 Å². The quantitative estimate of drug-likeness (QED) is 0.482. The summed E-state index contributed by atoms with van der Waals surface area (Å²) < 4.78 is 11.3. The first-order valence-corrected chi connectivity index (χ1v) is 10.5. The van der Waals surface area contributed by atoms with Gasteiger partial charge >= 0.3 is 0 Å². The lowest BCUT2D eigenvalue weighted by molar-refractivity contribution is 0.353. The maximum absolute atomic E-state index is 6.74. The van der Waals surface area contributed by atoms with Crippen LogP contribution in [0.4, 0.5) is 0 Å². The highest BCUT2D eigenvalue weighted by atomic mass is 35.5. The van der Waals surface area contributed by atoms with Crippen molar-refractivity contribution in [1.82, 2.24) is 9.88 Å². The van der Waals surface area contributed by atoms with Gasteiger partial charge in [0.05, 0.1) is 19.9 Å². The molecule has 5 nitrogen and oxygen atoms in total. The van der Waals surface area contributed by atoms with Gasteiger partial charge in [-0.3, -0.25) is 0 Å². The summed E-state index contributed by atoms with van der Waals surface area (Å²) in [5.74, 6) is 1.25. The molecule has 0 spiro atoms. The van der Waals surface area contributed by atoms with Gasteiger partial charge in [-0.1, -0.05) is 35.3 Å². The van der Waals surface area contributed by atoms with E-state index in [0.717, 1.165) is 52.5 Å². The number of pyridine rings is 1. The molecule has 2 N–H and O–H groups in total. The summed E-state index contributed by atoms with van der Waals surface area (Å²) in [6.45, 7) is 1.24. The SMILES string of the molecule is COc1cc2c(-c3ccc(Cl)cc3)nc(Cl)c(CCCN(C)C)c2c(CN)c1OC. The van der Waals surface area contributed by atoms with Gasteiger partial charge in [-0.25, -0.2) is 4.98 Å². The fourth-order valence-electron chi connectivity index (χ4n) is 3.75. The summed E-state index contributed by atoms with van der Waals surface area (Å²) >= 11 is 12.8. The van der Waals surface area contributed by atoms with Crippen molar-refractivity contribution in [2.75, 3.05) is 34.9 Å². The number of aromatic nitrogens is 1. The van der Waals surface area contributed by atoms with Gasteiger partial charge in [0.2, 0.25) is 0 Å². The van der Waals surface area contributed by atoms with Crippen LogP contribution in [0.1, 0.15) is 17.5 Å². The van der Waals surface area contributed by atoms with Crippen LogP contribution in [0.25, 0.3) is 22.0 Å². The predicted molar refractivity (Wildman–Crippen MR) is 125 cm³/mol. The Labute approximate surface area is 187 Å². The normalized spacial score (nSPS) is 11.3.